The van der Waals surface area contributed by atoms with Crippen LogP contribution < -0.4 is 0 Å². The number of carbonyl (C=O) groups excluding carboxylic acids is 1. The van der Waals surface area contributed by atoms with Gasteiger partial charge in [-0.25, -0.2) is 4.39 Å². The Labute approximate surface area is 126 Å². The molecule has 0 amide bonds. The number of carbonyl (C=O) groups is 1. The fourth-order valence-corrected chi connectivity index (χ4v) is 2.09. The van der Waals surface area contributed by atoms with Crippen molar-refractivity contribution in [3.8, 4) is 11.4 Å². The van der Waals surface area contributed by atoms with Gasteiger partial charge < -0.3 is 9.26 Å². The topological polar surface area (TPSA) is 65.2 Å². The second-order valence-electron chi connectivity index (χ2n) is 4.29. The lowest BCUT2D eigenvalue weighted by atomic mass is 10.1. The van der Waals surface area contributed by atoms with Gasteiger partial charge in [0.05, 0.1) is 11.6 Å². The molecule has 0 saturated carbocycles. The lowest BCUT2D eigenvalue weighted by Gasteiger charge is -2.08. The summed E-state index contributed by atoms with van der Waals surface area (Å²) in [6, 6.07) is 3.87. The molecule has 2 rings (SSSR count). The van der Waals surface area contributed by atoms with Gasteiger partial charge in [-0.3, -0.25) is 4.79 Å². The maximum atomic E-state index is 13.0. The molecule has 1 aromatic heterocycles. The van der Waals surface area contributed by atoms with Crippen molar-refractivity contribution in [3.63, 3.8) is 0 Å². The summed E-state index contributed by atoms with van der Waals surface area (Å²) < 4.78 is 23.1. The average molecular weight is 313 g/mol. The van der Waals surface area contributed by atoms with Gasteiger partial charge in [-0.05, 0) is 31.5 Å². The van der Waals surface area contributed by atoms with Gasteiger partial charge in [0.2, 0.25) is 11.7 Å². The Morgan fingerprint density at radius 3 is 2.86 bits per heavy atom. The third kappa shape index (κ3) is 3.39. The van der Waals surface area contributed by atoms with E-state index in [0.29, 0.717) is 12.0 Å². The van der Waals surface area contributed by atoms with Crippen LogP contribution in [0.2, 0.25) is 5.02 Å². The molecule has 5 nitrogen and oxygen atoms in total. The monoisotopic (exact) mass is 312 g/mol. The highest BCUT2D eigenvalue weighted by atomic mass is 35.5. The van der Waals surface area contributed by atoms with Crippen LogP contribution >= 0.6 is 11.6 Å². The summed E-state index contributed by atoms with van der Waals surface area (Å²) in [5.74, 6) is -1.12. The Morgan fingerprint density at radius 1 is 1.48 bits per heavy atom. The van der Waals surface area contributed by atoms with Gasteiger partial charge in [-0.1, -0.05) is 23.7 Å². The Hall–Kier alpha value is -1.95. The SMILES string of the molecule is CCOC(=O)C(CC)c1nc(-c2ccc(F)cc2Cl)no1. The Morgan fingerprint density at radius 2 is 2.24 bits per heavy atom. The van der Waals surface area contributed by atoms with Crippen molar-refractivity contribution in [2.75, 3.05) is 6.61 Å². The first-order chi connectivity index (χ1) is 10.1. The Bertz CT molecular complexity index is 645. The van der Waals surface area contributed by atoms with Crippen LogP contribution in [-0.4, -0.2) is 22.7 Å². The number of hydrogen-bond acceptors (Lipinski definition) is 5. The number of nitrogens with zero attached hydrogens (tertiary/aromatic N) is 2. The zero-order chi connectivity index (χ0) is 15.4. The molecule has 7 heteroatoms. The van der Waals surface area contributed by atoms with Crippen LogP contribution in [0.4, 0.5) is 4.39 Å². The predicted octanol–water partition coefficient (Wildman–Crippen LogP) is 3.59. The third-order valence-corrected chi connectivity index (χ3v) is 3.20. The van der Waals surface area contributed by atoms with Crippen LogP contribution in [0.1, 0.15) is 32.1 Å². The first kappa shape index (κ1) is 15.4. The van der Waals surface area contributed by atoms with Gasteiger partial charge in [0.25, 0.3) is 0 Å². The molecule has 0 fully saturated rings. The van der Waals surface area contributed by atoms with Gasteiger partial charge in [0.1, 0.15) is 11.7 Å². The molecule has 112 valence electrons. The minimum absolute atomic E-state index is 0.159. The number of aromatic nitrogens is 2. The van der Waals surface area contributed by atoms with E-state index < -0.39 is 17.7 Å². The van der Waals surface area contributed by atoms with Crippen LogP contribution in [0.3, 0.4) is 0 Å². The number of benzene rings is 1. The minimum atomic E-state index is -0.620. The van der Waals surface area contributed by atoms with Gasteiger partial charge in [0.15, 0.2) is 0 Å². The van der Waals surface area contributed by atoms with Crippen molar-refractivity contribution in [1.82, 2.24) is 10.1 Å². The maximum Gasteiger partial charge on any atom is 0.318 e. The number of ether oxygens (including phenoxy) is 1. The highest BCUT2D eigenvalue weighted by Crippen LogP contribution is 2.28. The predicted molar refractivity (Wildman–Crippen MR) is 74.4 cm³/mol. The zero-order valence-corrected chi connectivity index (χ0v) is 12.4. The molecular weight excluding hydrogens is 299 g/mol. The molecule has 21 heavy (non-hydrogen) atoms. The summed E-state index contributed by atoms with van der Waals surface area (Å²) in [5.41, 5.74) is 0.437. The standard InChI is InChI=1S/C14H14ClFN2O3/c1-3-9(14(19)20-4-2)13-17-12(18-21-13)10-6-5-8(16)7-11(10)15/h5-7,9H,3-4H2,1-2H3. The molecule has 0 aliphatic rings. The van der Waals surface area contributed by atoms with Crippen molar-refractivity contribution in [3.05, 3.63) is 34.9 Å². The van der Waals surface area contributed by atoms with E-state index in [9.17, 15) is 9.18 Å². The molecule has 2 aromatic rings. The van der Waals surface area contributed by atoms with E-state index >= 15 is 0 Å². The van der Waals surface area contributed by atoms with Gasteiger partial charge in [-0.15, -0.1) is 0 Å². The van der Waals surface area contributed by atoms with E-state index in [2.05, 4.69) is 10.1 Å². The molecule has 0 spiro atoms. The van der Waals surface area contributed by atoms with Crippen LogP contribution in [0.15, 0.2) is 22.7 Å². The molecule has 0 saturated heterocycles. The molecule has 1 heterocycles. The summed E-state index contributed by atoms with van der Waals surface area (Å²) in [5, 5.41) is 3.96. The smallest absolute Gasteiger partial charge is 0.318 e. The Balaban J connectivity index is 2.30. The molecule has 0 aliphatic carbocycles. The van der Waals surface area contributed by atoms with Gasteiger partial charge in [0, 0.05) is 5.56 Å². The van der Waals surface area contributed by atoms with Crippen LogP contribution in [0.5, 0.6) is 0 Å². The molecule has 1 atom stereocenters. The summed E-state index contributed by atoms with van der Waals surface area (Å²) in [6.45, 7) is 3.82. The quantitative estimate of drug-likeness (QED) is 0.789. The van der Waals surface area contributed by atoms with Crippen LogP contribution in [0.25, 0.3) is 11.4 Å². The van der Waals surface area contributed by atoms with Crippen molar-refractivity contribution in [1.29, 1.82) is 0 Å². The van der Waals surface area contributed by atoms with E-state index in [1.165, 1.54) is 12.1 Å². The fraction of sp³-hybridized carbons (Fsp3) is 0.357. The molecule has 0 bridgehead atoms. The van der Waals surface area contributed by atoms with E-state index in [1.807, 2.05) is 6.92 Å². The van der Waals surface area contributed by atoms with Crippen molar-refractivity contribution >= 4 is 17.6 Å². The highest BCUT2D eigenvalue weighted by molar-refractivity contribution is 6.33. The molecule has 1 aromatic carbocycles. The van der Waals surface area contributed by atoms with Crippen molar-refractivity contribution < 1.29 is 18.4 Å². The minimum Gasteiger partial charge on any atom is -0.465 e. The van der Waals surface area contributed by atoms with E-state index in [-0.39, 0.29) is 23.3 Å². The lowest BCUT2D eigenvalue weighted by molar-refractivity contribution is -0.145. The van der Waals surface area contributed by atoms with Crippen molar-refractivity contribution in [2.45, 2.75) is 26.2 Å². The molecule has 1 unspecified atom stereocenters. The summed E-state index contributed by atoms with van der Waals surface area (Å²) in [7, 11) is 0. The molecule has 0 N–H and O–H groups in total. The van der Waals surface area contributed by atoms with Crippen LogP contribution in [0, 0.1) is 5.82 Å². The number of hydrogen-bond donors (Lipinski definition) is 0. The fourth-order valence-electron chi connectivity index (χ4n) is 1.84. The normalized spacial score (nSPS) is 12.2. The summed E-state index contributed by atoms with van der Waals surface area (Å²) >= 11 is 5.95. The van der Waals surface area contributed by atoms with Gasteiger partial charge >= 0.3 is 5.97 Å². The molecule has 0 radical (unpaired) electrons. The summed E-state index contributed by atoms with van der Waals surface area (Å²) in [4.78, 5) is 16.0. The molecular formula is C14H14ClFN2O3. The number of esters is 1. The lowest BCUT2D eigenvalue weighted by Crippen LogP contribution is -2.15. The largest absolute Gasteiger partial charge is 0.465 e. The third-order valence-electron chi connectivity index (χ3n) is 2.89. The zero-order valence-electron chi connectivity index (χ0n) is 11.6. The average Bonchev–Trinajstić information content (AvgIpc) is 2.89. The Kier molecular flexibility index (Phi) is 4.90. The second kappa shape index (κ2) is 6.67. The van der Waals surface area contributed by atoms with E-state index in [4.69, 9.17) is 20.9 Å². The molecule has 0 aliphatic heterocycles. The van der Waals surface area contributed by atoms with Crippen LogP contribution in [-0.2, 0) is 9.53 Å². The first-order valence-electron chi connectivity index (χ1n) is 6.52. The first-order valence-corrected chi connectivity index (χ1v) is 6.90. The maximum absolute atomic E-state index is 13.0. The second-order valence-corrected chi connectivity index (χ2v) is 4.70. The number of rotatable bonds is 5. The number of halogens is 2. The summed E-state index contributed by atoms with van der Waals surface area (Å²) in [6.07, 6.45) is 0.470. The van der Waals surface area contributed by atoms with E-state index in [0.717, 1.165) is 6.07 Å². The van der Waals surface area contributed by atoms with E-state index in [1.54, 1.807) is 6.92 Å². The van der Waals surface area contributed by atoms with Gasteiger partial charge in [-0.2, -0.15) is 4.98 Å². The van der Waals surface area contributed by atoms with Crippen molar-refractivity contribution in [2.24, 2.45) is 0 Å². The highest BCUT2D eigenvalue weighted by Gasteiger charge is 2.27.